The van der Waals surface area contributed by atoms with Gasteiger partial charge in [-0.25, -0.2) is 8.42 Å². The number of sulfone groups is 1. The lowest BCUT2D eigenvalue weighted by atomic mass is 10.1. The molecule has 166 valence electrons. The van der Waals surface area contributed by atoms with Gasteiger partial charge in [0.2, 0.25) is 0 Å². The van der Waals surface area contributed by atoms with Gasteiger partial charge < -0.3 is 9.32 Å². The molecule has 1 atom stereocenters. The molecule has 0 spiro atoms. The number of hydrogen-bond donors (Lipinski definition) is 0. The second-order valence-electron chi connectivity index (χ2n) is 7.57. The Labute approximate surface area is 189 Å². The van der Waals surface area contributed by atoms with Gasteiger partial charge in [0.1, 0.15) is 11.5 Å². The Kier molecular flexibility index (Phi) is 6.03. The van der Waals surface area contributed by atoms with Crippen LogP contribution in [0.1, 0.15) is 22.5 Å². The fraction of sp³-hybridized carbons (Fsp3) is 0.227. The highest BCUT2D eigenvalue weighted by molar-refractivity contribution is 7.91. The van der Waals surface area contributed by atoms with Crippen LogP contribution in [0.25, 0.3) is 11.3 Å². The molecule has 2 heterocycles. The Morgan fingerprint density at radius 3 is 2.53 bits per heavy atom. The van der Waals surface area contributed by atoms with E-state index < -0.39 is 26.7 Å². The van der Waals surface area contributed by atoms with Crippen LogP contribution in [0.5, 0.6) is 0 Å². The summed E-state index contributed by atoms with van der Waals surface area (Å²) in [5, 5.41) is 11.5. The highest BCUT2D eigenvalue weighted by atomic mass is 35.5. The van der Waals surface area contributed by atoms with E-state index in [4.69, 9.17) is 16.0 Å². The maximum absolute atomic E-state index is 13.3. The van der Waals surface area contributed by atoms with Crippen molar-refractivity contribution in [2.45, 2.75) is 19.0 Å². The molecule has 2 aromatic carbocycles. The summed E-state index contributed by atoms with van der Waals surface area (Å²) in [6.07, 6.45) is 0.322. The second-order valence-corrected chi connectivity index (χ2v) is 10.2. The average molecular weight is 475 g/mol. The van der Waals surface area contributed by atoms with Crippen molar-refractivity contribution in [3.8, 4) is 11.3 Å². The SMILES string of the molecule is O=C(c1ccc([N+](=O)[O-])cc1)N(Cc1ccc(-c2cccc(Cl)c2)o1)C1CCS(=O)(=O)C1. The van der Waals surface area contributed by atoms with Gasteiger partial charge in [0, 0.05) is 34.3 Å². The maximum atomic E-state index is 13.3. The summed E-state index contributed by atoms with van der Waals surface area (Å²) in [6.45, 7) is 0.0660. The zero-order valence-corrected chi connectivity index (χ0v) is 18.4. The number of rotatable bonds is 6. The number of nitro benzene ring substituents is 1. The number of carbonyl (C=O) groups excluding carboxylic acids is 1. The van der Waals surface area contributed by atoms with Crippen molar-refractivity contribution in [3.63, 3.8) is 0 Å². The summed E-state index contributed by atoms with van der Waals surface area (Å²) in [6, 6.07) is 15.4. The third-order valence-electron chi connectivity index (χ3n) is 5.33. The standard InChI is InChI=1S/C22H19ClN2O6S/c23-17-3-1-2-16(12-17)21-9-8-20(31-21)13-24(19-10-11-32(29,30)14-19)22(26)15-4-6-18(7-5-15)25(27)28/h1-9,12,19H,10-11,13-14H2. The summed E-state index contributed by atoms with van der Waals surface area (Å²) in [7, 11) is -3.24. The smallest absolute Gasteiger partial charge is 0.269 e. The van der Waals surface area contributed by atoms with E-state index in [1.807, 2.05) is 6.07 Å². The number of hydrogen-bond acceptors (Lipinski definition) is 6. The summed E-state index contributed by atoms with van der Waals surface area (Å²) >= 11 is 6.05. The van der Waals surface area contributed by atoms with Crippen molar-refractivity contribution in [1.29, 1.82) is 0 Å². The first-order valence-corrected chi connectivity index (χ1v) is 12.0. The molecule has 0 saturated carbocycles. The quantitative estimate of drug-likeness (QED) is 0.388. The molecule has 32 heavy (non-hydrogen) atoms. The van der Waals surface area contributed by atoms with Crippen LogP contribution in [0, 0.1) is 10.1 Å². The van der Waals surface area contributed by atoms with Crippen molar-refractivity contribution < 1.29 is 22.6 Å². The molecule has 0 radical (unpaired) electrons. The minimum atomic E-state index is -3.24. The van der Waals surface area contributed by atoms with Gasteiger partial charge in [-0.15, -0.1) is 0 Å². The van der Waals surface area contributed by atoms with E-state index in [0.717, 1.165) is 5.56 Å². The lowest BCUT2D eigenvalue weighted by Gasteiger charge is -2.27. The Morgan fingerprint density at radius 1 is 1.16 bits per heavy atom. The van der Waals surface area contributed by atoms with Crippen molar-refractivity contribution in [2.24, 2.45) is 0 Å². The van der Waals surface area contributed by atoms with Crippen LogP contribution in [-0.2, 0) is 16.4 Å². The third-order valence-corrected chi connectivity index (χ3v) is 7.32. The normalized spacial score (nSPS) is 17.2. The number of nitro groups is 1. The first-order chi connectivity index (χ1) is 15.2. The zero-order valence-electron chi connectivity index (χ0n) is 16.8. The van der Waals surface area contributed by atoms with Crippen LogP contribution in [0.3, 0.4) is 0 Å². The van der Waals surface area contributed by atoms with Gasteiger partial charge >= 0.3 is 0 Å². The Balaban J connectivity index is 1.61. The molecule has 8 nitrogen and oxygen atoms in total. The lowest BCUT2D eigenvalue weighted by Crippen LogP contribution is -2.40. The van der Waals surface area contributed by atoms with E-state index in [2.05, 4.69) is 0 Å². The summed E-state index contributed by atoms with van der Waals surface area (Å²) in [5.41, 5.74) is 0.885. The number of carbonyl (C=O) groups is 1. The van der Waals surface area contributed by atoms with Crippen LogP contribution in [0.4, 0.5) is 5.69 Å². The molecule has 1 amide bonds. The third kappa shape index (κ3) is 4.84. The summed E-state index contributed by atoms with van der Waals surface area (Å²) in [5.74, 6) is 0.521. The van der Waals surface area contributed by atoms with E-state index in [-0.39, 0.29) is 29.3 Å². The topological polar surface area (TPSA) is 111 Å². The predicted molar refractivity (Wildman–Crippen MR) is 119 cm³/mol. The fourth-order valence-corrected chi connectivity index (χ4v) is 5.63. The second kappa shape index (κ2) is 8.76. The highest BCUT2D eigenvalue weighted by Crippen LogP contribution is 2.28. The van der Waals surface area contributed by atoms with Gasteiger partial charge in [-0.05, 0) is 42.8 Å². The number of furan rings is 1. The summed E-state index contributed by atoms with van der Waals surface area (Å²) < 4.78 is 30.0. The first-order valence-electron chi connectivity index (χ1n) is 9.82. The molecule has 1 aromatic heterocycles. The van der Waals surface area contributed by atoms with Crippen molar-refractivity contribution in [2.75, 3.05) is 11.5 Å². The molecule has 10 heteroatoms. The lowest BCUT2D eigenvalue weighted by molar-refractivity contribution is -0.384. The van der Waals surface area contributed by atoms with Crippen LogP contribution in [0.2, 0.25) is 5.02 Å². The molecular weight excluding hydrogens is 456 g/mol. The van der Waals surface area contributed by atoms with Gasteiger partial charge in [-0.3, -0.25) is 14.9 Å². The Bertz CT molecular complexity index is 1270. The number of benzene rings is 2. The number of nitrogens with zero attached hydrogens (tertiary/aromatic N) is 2. The molecular formula is C22H19ClN2O6S. The average Bonchev–Trinajstić information content (AvgIpc) is 3.37. The Hall–Kier alpha value is -3.17. The van der Waals surface area contributed by atoms with Gasteiger partial charge in [0.05, 0.1) is 23.0 Å². The highest BCUT2D eigenvalue weighted by Gasteiger charge is 2.35. The molecule has 1 unspecified atom stereocenters. The number of amides is 1. The van der Waals surface area contributed by atoms with Crippen molar-refractivity contribution >= 4 is 33.0 Å². The molecule has 1 fully saturated rings. The molecule has 4 rings (SSSR count). The van der Waals surface area contributed by atoms with E-state index in [0.29, 0.717) is 23.0 Å². The first kappa shape index (κ1) is 22.0. The molecule has 1 aliphatic rings. The molecule has 1 aliphatic heterocycles. The molecule has 1 saturated heterocycles. The van der Waals surface area contributed by atoms with E-state index in [1.165, 1.54) is 29.2 Å². The molecule has 0 bridgehead atoms. The Morgan fingerprint density at radius 2 is 1.91 bits per heavy atom. The summed E-state index contributed by atoms with van der Waals surface area (Å²) in [4.78, 5) is 25.1. The van der Waals surface area contributed by atoms with Gasteiger partial charge in [0.15, 0.2) is 9.84 Å². The predicted octanol–water partition coefficient (Wildman–Crippen LogP) is 4.34. The van der Waals surface area contributed by atoms with Crippen LogP contribution in [-0.4, -0.2) is 41.7 Å². The maximum Gasteiger partial charge on any atom is 0.269 e. The van der Waals surface area contributed by atoms with Gasteiger partial charge in [-0.2, -0.15) is 0 Å². The van der Waals surface area contributed by atoms with Crippen LogP contribution >= 0.6 is 11.6 Å². The number of halogens is 1. The minimum Gasteiger partial charge on any atom is -0.459 e. The van der Waals surface area contributed by atoms with Crippen LogP contribution in [0.15, 0.2) is 65.1 Å². The van der Waals surface area contributed by atoms with Crippen LogP contribution < -0.4 is 0 Å². The van der Waals surface area contributed by atoms with Crippen molar-refractivity contribution in [3.05, 3.63) is 87.1 Å². The van der Waals surface area contributed by atoms with Gasteiger partial charge in [0.25, 0.3) is 11.6 Å². The van der Waals surface area contributed by atoms with E-state index >= 15 is 0 Å². The van der Waals surface area contributed by atoms with Gasteiger partial charge in [-0.1, -0.05) is 23.7 Å². The molecule has 3 aromatic rings. The monoisotopic (exact) mass is 474 g/mol. The molecule has 0 aliphatic carbocycles. The van der Waals surface area contributed by atoms with E-state index in [9.17, 15) is 23.3 Å². The van der Waals surface area contributed by atoms with E-state index in [1.54, 1.807) is 30.3 Å². The molecule has 0 N–H and O–H groups in total. The largest absolute Gasteiger partial charge is 0.459 e. The fourth-order valence-electron chi connectivity index (χ4n) is 3.71. The number of non-ortho nitro benzene ring substituents is 1. The minimum absolute atomic E-state index is 0.00757. The zero-order chi connectivity index (χ0) is 22.9. The van der Waals surface area contributed by atoms with Crippen molar-refractivity contribution in [1.82, 2.24) is 4.90 Å².